The molecule has 1 aromatic heterocycles. The monoisotopic (exact) mass is 429 g/mol. The summed E-state index contributed by atoms with van der Waals surface area (Å²) in [5, 5.41) is 9.35. The minimum Gasteiger partial charge on any atom is -0.463 e. The van der Waals surface area contributed by atoms with Gasteiger partial charge in [-0.25, -0.2) is 14.0 Å². The van der Waals surface area contributed by atoms with Crippen molar-refractivity contribution in [2.75, 3.05) is 32.8 Å². The van der Waals surface area contributed by atoms with Crippen LogP contribution in [0.3, 0.4) is 0 Å². The normalized spacial score (nSPS) is 19.7. The Bertz CT molecular complexity index is 1010. The summed E-state index contributed by atoms with van der Waals surface area (Å²) in [6.45, 7) is 3.99. The van der Waals surface area contributed by atoms with Gasteiger partial charge in [0.05, 0.1) is 24.6 Å². The number of halogens is 1. The van der Waals surface area contributed by atoms with Gasteiger partial charge >= 0.3 is 12.0 Å². The Hall–Kier alpha value is -3.27. The molecule has 1 aromatic carbocycles. The van der Waals surface area contributed by atoms with E-state index in [9.17, 15) is 14.0 Å². The summed E-state index contributed by atoms with van der Waals surface area (Å²) >= 11 is 0. The molecule has 2 aliphatic heterocycles. The van der Waals surface area contributed by atoms with Crippen molar-refractivity contribution in [1.29, 1.82) is 0 Å². The predicted molar refractivity (Wildman–Crippen MR) is 108 cm³/mol. The zero-order chi connectivity index (χ0) is 21.8. The number of urea groups is 1. The summed E-state index contributed by atoms with van der Waals surface area (Å²) in [4.78, 5) is 30.7. The highest BCUT2D eigenvalue weighted by Crippen LogP contribution is 2.28. The molecule has 9 nitrogen and oxygen atoms in total. The van der Waals surface area contributed by atoms with Crippen LogP contribution in [0, 0.1) is 5.82 Å². The van der Waals surface area contributed by atoms with Crippen LogP contribution in [0.2, 0.25) is 0 Å². The summed E-state index contributed by atoms with van der Waals surface area (Å²) in [7, 11) is 0. The van der Waals surface area contributed by atoms with Crippen LogP contribution in [-0.2, 0) is 9.53 Å². The lowest BCUT2D eigenvalue weighted by Crippen LogP contribution is -2.48. The maximum absolute atomic E-state index is 13.5. The minimum absolute atomic E-state index is 0.00706. The third kappa shape index (κ3) is 4.91. The fourth-order valence-corrected chi connectivity index (χ4v) is 3.85. The third-order valence-electron chi connectivity index (χ3n) is 5.34. The van der Waals surface area contributed by atoms with E-state index >= 15 is 0 Å². The van der Waals surface area contributed by atoms with Crippen molar-refractivity contribution >= 4 is 12.0 Å². The molecule has 0 aliphatic carbocycles. The Morgan fingerprint density at radius 3 is 3.10 bits per heavy atom. The van der Waals surface area contributed by atoms with E-state index in [0.717, 1.165) is 19.4 Å². The lowest BCUT2D eigenvalue weighted by Gasteiger charge is -2.33. The van der Waals surface area contributed by atoms with Crippen molar-refractivity contribution in [3.63, 3.8) is 0 Å². The van der Waals surface area contributed by atoms with Crippen molar-refractivity contribution in [3.05, 3.63) is 47.2 Å². The molecule has 2 amide bonds. The predicted octanol–water partition coefficient (Wildman–Crippen LogP) is 2.19. The maximum atomic E-state index is 13.5. The van der Waals surface area contributed by atoms with Crippen molar-refractivity contribution in [3.8, 4) is 11.4 Å². The maximum Gasteiger partial charge on any atom is 0.337 e. The van der Waals surface area contributed by atoms with Crippen LogP contribution in [0.5, 0.6) is 0 Å². The first-order valence-corrected chi connectivity index (χ1v) is 10.3. The van der Waals surface area contributed by atoms with Crippen molar-refractivity contribution in [2.45, 2.75) is 25.7 Å². The van der Waals surface area contributed by atoms with Crippen LogP contribution < -0.4 is 10.6 Å². The van der Waals surface area contributed by atoms with Crippen molar-refractivity contribution in [2.24, 2.45) is 0 Å². The number of ether oxygens (including phenoxy) is 1. The van der Waals surface area contributed by atoms with Gasteiger partial charge in [0.15, 0.2) is 0 Å². The highest BCUT2D eigenvalue weighted by Gasteiger charge is 2.30. The SMILES string of the molecule is CCOC(=O)C1=C(CN2CCCC(c3nc(-c4cccc(F)c4)no3)C2)NC(=O)NC1. The summed E-state index contributed by atoms with van der Waals surface area (Å²) in [6.07, 6.45) is 1.77. The second-order valence-corrected chi connectivity index (χ2v) is 7.53. The van der Waals surface area contributed by atoms with Crippen LogP contribution in [0.1, 0.15) is 31.6 Å². The molecule has 2 aromatic rings. The number of rotatable bonds is 6. The van der Waals surface area contributed by atoms with E-state index in [-0.39, 0.29) is 30.9 Å². The summed E-state index contributed by atoms with van der Waals surface area (Å²) < 4.78 is 24.1. The topological polar surface area (TPSA) is 110 Å². The highest BCUT2D eigenvalue weighted by atomic mass is 19.1. The number of piperidine rings is 1. The Morgan fingerprint density at radius 1 is 1.42 bits per heavy atom. The number of nitrogens with zero attached hydrogens (tertiary/aromatic N) is 3. The van der Waals surface area contributed by atoms with Gasteiger partial charge in [-0.3, -0.25) is 4.90 Å². The Balaban J connectivity index is 1.47. The lowest BCUT2D eigenvalue weighted by atomic mass is 9.97. The number of aromatic nitrogens is 2. The lowest BCUT2D eigenvalue weighted by molar-refractivity contribution is -0.138. The van der Waals surface area contributed by atoms with Gasteiger partial charge in [0.1, 0.15) is 5.82 Å². The molecular weight excluding hydrogens is 405 g/mol. The average molecular weight is 429 g/mol. The Morgan fingerprint density at radius 2 is 2.29 bits per heavy atom. The number of likely N-dealkylation sites (tertiary alicyclic amines) is 1. The molecule has 0 radical (unpaired) electrons. The van der Waals surface area contributed by atoms with Gasteiger partial charge in [0, 0.05) is 24.4 Å². The second-order valence-electron chi connectivity index (χ2n) is 7.53. The summed E-state index contributed by atoms with van der Waals surface area (Å²) in [6, 6.07) is 5.72. The van der Waals surface area contributed by atoms with Crippen LogP contribution in [-0.4, -0.2) is 59.8 Å². The van der Waals surface area contributed by atoms with Gasteiger partial charge in [-0.05, 0) is 38.4 Å². The van der Waals surface area contributed by atoms with Gasteiger partial charge in [-0.15, -0.1) is 0 Å². The molecule has 0 bridgehead atoms. The van der Waals surface area contributed by atoms with E-state index in [1.807, 2.05) is 0 Å². The molecule has 3 heterocycles. The van der Waals surface area contributed by atoms with Crippen LogP contribution in [0.4, 0.5) is 9.18 Å². The van der Waals surface area contributed by atoms with E-state index in [1.165, 1.54) is 12.1 Å². The molecule has 164 valence electrons. The van der Waals surface area contributed by atoms with E-state index in [0.29, 0.717) is 41.6 Å². The molecule has 0 saturated carbocycles. The van der Waals surface area contributed by atoms with E-state index in [4.69, 9.17) is 9.26 Å². The molecule has 2 N–H and O–H groups in total. The molecule has 31 heavy (non-hydrogen) atoms. The highest BCUT2D eigenvalue weighted by molar-refractivity contribution is 5.93. The first-order chi connectivity index (χ1) is 15.0. The molecule has 1 atom stereocenters. The second kappa shape index (κ2) is 9.25. The third-order valence-corrected chi connectivity index (χ3v) is 5.34. The van der Waals surface area contributed by atoms with Crippen LogP contribution in [0.25, 0.3) is 11.4 Å². The molecule has 1 unspecified atom stereocenters. The zero-order valence-corrected chi connectivity index (χ0v) is 17.2. The summed E-state index contributed by atoms with van der Waals surface area (Å²) in [5.74, 6) is 0.0626. The van der Waals surface area contributed by atoms with E-state index in [2.05, 4.69) is 25.7 Å². The fraction of sp³-hybridized carbons (Fsp3) is 0.429. The molecule has 10 heteroatoms. The number of amides is 2. The Labute approximate surface area is 178 Å². The number of benzene rings is 1. The zero-order valence-electron chi connectivity index (χ0n) is 17.2. The first-order valence-electron chi connectivity index (χ1n) is 10.3. The number of nitrogens with one attached hydrogen (secondary N) is 2. The number of hydrogen-bond acceptors (Lipinski definition) is 7. The largest absolute Gasteiger partial charge is 0.463 e. The van der Waals surface area contributed by atoms with E-state index < -0.39 is 5.97 Å². The van der Waals surface area contributed by atoms with Crippen molar-refractivity contribution < 1.29 is 23.2 Å². The minimum atomic E-state index is -0.435. The van der Waals surface area contributed by atoms with Crippen molar-refractivity contribution in [1.82, 2.24) is 25.7 Å². The molecule has 4 rings (SSSR count). The van der Waals surface area contributed by atoms with Gasteiger partial charge in [-0.1, -0.05) is 17.3 Å². The van der Waals surface area contributed by atoms with Gasteiger partial charge in [-0.2, -0.15) is 4.98 Å². The Kier molecular flexibility index (Phi) is 6.26. The fourth-order valence-electron chi connectivity index (χ4n) is 3.85. The molecule has 2 aliphatic rings. The number of carbonyl (C=O) groups excluding carboxylic acids is 2. The smallest absolute Gasteiger partial charge is 0.337 e. The van der Waals surface area contributed by atoms with Crippen LogP contribution in [0.15, 0.2) is 40.1 Å². The summed E-state index contributed by atoms with van der Waals surface area (Å²) in [5.41, 5.74) is 1.54. The molecule has 1 fully saturated rings. The quantitative estimate of drug-likeness (QED) is 0.678. The van der Waals surface area contributed by atoms with Gasteiger partial charge < -0.3 is 19.9 Å². The molecule has 0 spiro atoms. The first kappa shape index (κ1) is 21.0. The number of carbonyl (C=O) groups is 2. The average Bonchev–Trinajstić information content (AvgIpc) is 3.25. The molecule has 1 saturated heterocycles. The van der Waals surface area contributed by atoms with E-state index in [1.54, 1.807) is 19.1 Å². The number of esters is 1. The van der Waals surface area contributed by atoms with Crippen LogP contribution >= 0.6 is 0 Å². The molecular formula is C21H24FN5O4. The standard InChI is InChI=1S/C21H24FN5O4/c1-2-30-20(28)16-10-23-21(29)24-17(16)12-27-8-4-6-14(11-27)19-25-18(26-31-19)13-5-3-7-15(22)9-13/h3,5,7,9,14H,2,4,6,8,10-12H2,1H3,(H2,23,24,29). The van der Waals surface area contributed by atoms with Gasteiger partial charge in [0.25, 0.3) is 0 Å². The number of hydrogen-bond donors (Lipinski definition) is 2. The van der Waals surface area contributed by atoms with Gasteiger partial charge in [0.2, 0.25) is 11.7 Å².